The van der Waals surface area contributed by atoms with Crippen molar-refractivity contribution in [2.75, 3.05) is 13.7 Å². The van der Waals surface area contributed by atoms with E-state index in [4.69, 9.17) is 16.1 Å². The van der Waals surface area contributed by atoms with E-state index in [2.05, 4.69) is 9.89 Å². The molecule has 0 unspecified atom stereocenters. The summed E-state index contributed by atoms with van der Waals surface area (Å²) in [5, 5.41) is 4.83. The number of ether oxygens (including phenoxy) is 1. The lowest BCUT2D eigenvalue weighted by Gasteiger charge is -2.24. The van der Waals surface area contributed by atoms with E-state index in [1.807, 2.05) is 24.3 Å². The molecule has 1 amide bonds. The van der Waals surface area contributed by atoms with Crippen molar-refractivity contribution in [2.45, 2.75) is 13.0 Å². The molecule has 0 atom stereocenters. The van der Waals surface area contributed by atoms with E-state index in [1.54, 1.807) is 35.2 Å². The lowest BCUT2D eigenvalue weighted by molar-refractivity contribution is -0.126. The number of fused-ring (bicyclic) bond motifs is 1. The van der Waals surface area contributed by atoms with E-state index in [0.717, 1.165) is 28.1 Å². The van der Waals surface area contributed by atoms with Crippen LogP contribution in [-0.4, -0.2) is 35.6 Å². The fourth-order valence-electron chi connectivity index (χ4n) is 3.37. The Morgan fingerprint density at radius 1 is 1.13 bits per heavy atom. The van der Waals surface area contributed by atoms with Gasteiger partial charge in [0.15, 0.2) is 5.76 Å². The molecule has 3 aromatic rings. The number of amides is 1. The van der Waals surface area contributed by atoms with Gasteiger partial charge < -0.3 is 14.2 Å². The molecule has 0 saturated carbocycles. The Kier molecular flexibility index (Phi) is 5.68. The normalized spacial score (nSPS) is 13.3. The third-order valence-corrected chi connectivity index (χ3v) is 5.26. The van der Waals surface area contributed by atoms with Crippen LogP contribution in [0.5, 0.6) is 0 Å². The summed E-state index contributed by atoms with van der Waals surface area (Å²) >= 11 is 5.96. The minimum Gasteiger partial charge on any atom is -0.465 e. The first-order valence-corrected chi connectivity index (χ1v) is 9.81. The highest BCUT2D eigenvalue weighted by Crippen LogP contribution is 2.31. The van der Waals surface area contributed by atoms with Gasteiger partial charge in [-0.3, -0.25) is 4.79 Å². The zero-order valence-corrected chi connectivity index (χ0v) is 17.1. The second kappa shape index (κ2) is 8.55. The molecule has 7 heteroatoms. The number of rotatable bonds is 4. The molecular formula is C23H19ClN2O4. The second-order valence-electron chi connectivity index (χ2n) is 6.90. The molecule has 0 saturated heterocycles. The minimum absolute atomic E-state index is 0.103. The number of carbonyl (C=O) groups is 2. The van der Waals surface area contributed by atoms with Crippen molar-refractivity contribution in [3.05, 3.63) is 82.0 Å². The van der Waals surface area contributed by atoms with E-state index in [0.29, 0.717) is 30.1 Å². The zero-order chi connectivity index (χ0) is 21.1. The molecule has 1 aliphatic heterocycles. The number of halogens is 1. The SMILES string of the molecule is COC(=O)c1ccc(/C=C/C(=O)N2CCc3c(noc3-c3ccc(Cl)cc3)C2)cc1. The molecule has 2 heterocycles. The van der Waals surface area contributed by atoms with E-state index < -0.39 is 5.97 Å². The second-order valence-corrected chi connectivity index (χ2v) is 7.34. The van der Waals surface area contributed by atoms with Crippen molar-refractivity contribution in [3.8, 4) is 11.3 Å². The number of esters is 1. The van der Waals surface area contributed by atoms with Gasteiger partial charge in [-0.2, -0.15) is 0 Å². The predicted molar refractivity (Wildman–Crippen MR) is 113 cm³/mol. The topological polar surface area (TPSA) is 72.6 Å². The standard InChI is InChI=1S/C23H19ClN2O4/c1-29-23(28)17-5-2-15(3-6-17)4-11-21(27)26-13-12-19-20(14-26)25-30-22(19)16-7-9-18(24)10-8-16/h2-11H,12-14H2,1H3/b11-4+. The molecular weight excluding hydrogens is 404 g/mol. The van der Waals surface area contributed by atoms with Gasteiger partial charge in [0.1, 0.15) is 5.69 Å². The van der Waals surface area contributed by atoms with Gasteiger partial charge in [0.25, 0.3) is 0 Å². The van der Waals surface area contributed by atoms with Crippen molar-refractivity contribution in [1.82, 2.24) is 10.1 Å². The summed E-state index contributed by atoms with van der Waals surface area (Å²) in [4.78, 5) is 25.8. The summed E-state index contributed by atoms with van der Waals surface area (Å²) in [5.41, 5.74) is 4.01. The molecule has 0 spiro atoms. The molecule has 0 N–H and O–H groups in total. The van der Waals surface area contributed by atoms with Gasteiger partial charge >= 0.3 is 5.97 Å². The Morgan fingerprint density at radius 3 is 2.57 bits per heavy atom. The number of aromatic nitrogens is 1. The number of hydrogen-bond acceptors (Lipinski definition) is 5. The molecule has 2 aromatic carbocycles. The maximum Gasteiger partial charge on any atom is 0.337 e. The van der Waals surface area contributed by atoms with Gasteiger partial charge in [-0.15, -0.1) is 0 Å². The van der Waals surface area contributed by atoms with Gasteiger partial charge in [-0.25, -0.2) is 4.79 Å². The molecule has 0 fully saturated rings. The van der Waals surface area contributed by atoms with Crippen LogP contribution < -0.4 is 0 Å². The van der Waals surface area contributed by atoms with Crippen LogP contribution in [0.4, 0.5) is 0 Å². The summed E-state index contributed by atoms with van der Waals surface area (Å²) in [6, 6.07) is 14.3. The summed E-state index contributed by atoms with van der Waals surface area (Å²) in [6.07, 6.45) is 3.92. The summed E-state index contributed by atoms with van der Waals surface area (Å²) in [6.45, 7) is 0.982. The quantitative estimate of drug-likeness (QED) is 0.461. The van der Waals surface area contributed by atoms with Crippen molar-refractivity contribution in [3.63, 3.8) is 0 Å². The molecule has 30 heavy (non-hydrogen) atoms. The number of nitrogens with zero attached hydrogens (tertiary/aromatic N) is 2. The van der Waals surface area contributed by atoms with E-state index >= 15 is 0 Å². The Balaban J connectivity index is 1.43. The van der Waals surface area contributed by atoms with Crippen LogP contribution in [0.15, 0.2) is 59.1 Å². The van der Waals surface area contributed by atoms with Gasteiger partial charge in [0.05, 0.1) is 19.2 Å². The molecule has 0 radical (unpaired) electrons. The Hall–Kier alpha value is -3.38. The summed E-state index contributed by atoms with van der Waals surface area (Å²) in [5.74, 6) is 0.236. The molecule has 0 aliphatic carbocycles. The highest BCUT2D eigenvalue weighted by Gasteiger charge is 2.26. The number of carbonyl (C=O) groups excluding carboxylic acids is 2. The maximum atomic E-state index is 12.6. The summed E-state index contributed by atoms with van der Waals surface area (Å²) < 4.78 is 10.2. The van der Waals surface area contributed by atoms with Gasteiger partial charge in [0.2, 0.25) is 5.91 Å². The van der Waals surface area contributed by atoms with E-state index in [-0.39, 0.29) is 5.91 Å². The first-order chi connectivity index (χ1) is 14.5. The van der Waals surface area contributed by atoms with Crippen molar-refractivity contribution in [1.29, 1.82) is 0 Å². The largest absolute Gasteiger partial charge is 0.465 e. The Bertz CT molecular complexity index is 1100. The van der Waals surface area contributed by atoms with Crippen molar-refractivity contribution in [2.24, 2.45) is 0 Å². The number of methoxy groups -OCH3 is 1. The first kappa shape index (κ1) is 19.9. The lowest BCUT2D eigenvalue weighted by Crippen LogP contribution is -2.34. The average Bonchev–Trinajstić information content (AvgIpc) is 3.21. The molecule has 1 aliphatic rings. The Morgan fingerprint density at radius 2 is 1.87 bits per heavy atom. The Labute approximate surface area is 178 Å². The highest BCUT2D eigenvalue weighted by atomic mass is 35.5. The predicted octanol–water partition coefficient (Wildman–Crippen LogP) is 4.38. The minimum atomic E-state index is -0.392. The highest BCUT2D eigenvalue weighted by molar-refractivity contribution is 6.30. The third-order valence-electron chi connectivity index (χ3n) is 5.01. The van der Waals surface area contributed by atoms with Crippen molar-refractivity contribution < 1.29 is 18.8 Å². The van der Waals surface area contributed by atoms with Crippen LogP contribution >= 0.6 is 11.6 Å². The van der Waals surface area contributed by atoms with Crippen LogP contribution in [0.2, 0.25) is 5.02 Å². The smallest absolute Gasteiger partial charge is 0.337 e. The van der Waals surface area contributed by atoms with Crippen LogP contribution in [-0.2, 0) is 22.5 Å². The molecule has 0 bridgehead atoms. The number of hydrogen-bond donors (Lipinski definition) is 0. The van der Waals surface area contributed by atoms with Gasteiger partial charge in [0, 0.05) is 28.8 Å². The van der Waals surface area contributed by atoms with Crippen LogP contribution in [0.25, 0.3) is 17.4 Å². The molecule has 6 nitrogen and oxygen atoms in total. The van der Waals surface area contributed by atoms with E-state index in [1.165, 1.54) is 13.2 Å². The first-order valence-electron chi connectivity index (χ1n) is 9.44. The molecule has 4 rings (SSSR count). The van der Waals surface area contributed by atoms with Crippen LogP contribution in [0, 0.1) is 0 Å². The van der Waals surface area contributed by atoms with Crippen LogP contribution in [0.3, 0.4) is 0 Å². The van der Waals surface area contributed by atoms with E-state index in [9.17, 15) is 9.59 Å². The van der Waals surface area contributed by atoms with Gasteiger partial charge in [-0.1, -0.05) is 28.9 Å². The lowest BCUT2D eigenvalue weighted by atomic mass is 10.0. The fraction of sp³-hybridized carbons (Fsp3) is 0.174. The zero-order valence-electron chi connectivity index (χ0n) is 16.3. The third kappa shape index (κ3) is 4.14. The van der Waals surface area contributed by atoms with Crippen molar-refractivity contribution >= 4 is 29.6 Å². The maximum absolute atomic E-state index is 12.6. The molecule has 152 valence electrons. The fourth-order valence-corrected chi connectivity index (χ4v) is 3.49. The number of benzene rings is 2. The van der Waals surface area contributed by atoms with Gasteiger partial charge in [-0.05, 0) is 54.5 Å². The summed E-state index contributed by atoms with van der Waals surface area (Å²) in [7, 11) is 1.34. The average molecular weight is 423 g/mol. The molecule has 1 aromatic heterocycles. The van der Waals surface area contributed by atoms with Crippen LogP contribution in [0.1, 0.15) is 27.2 Å². The monoisotopic (exact) mass is 422 g/mol.